The standard InChI is InChI=1S/C20H24N4O3/c1-13-16(22-17(21-13)14-6-4-3-5-7-14)18(25)24-10-15-8-9-23(2)11-20(15,12-24)19(26)27/h3-7,15H,8-12H2,1-2H3,(H,21,22)(H,26,27)/t15-,20-/m0/s1. The van der Waals surface area contributed by atoms with Crippen LogP contribution in [0.5, 0.6) is 0 Å². The van der Waals surface area contributed by atoms with Crippen molar-refractivity contribution in [1.29, 1.82) is 0 Å². The number of nitrogens with one attached hydrogen (secondary N) is 1. The number of likely N-dealkylation sites (tertiary alicyclic amines) is 2. The largest absolute Gasteiger partial charge is 0.481 e. The summed E-state index contributed by atoms with van der Waals surface area (Å²) in [5.41, 5.74) is 1.12. The van der Waals surface area contributed by atoms with E-state index in [1.165, 1.54) is 0 Å². The first-order chi connectivity index (χ1) is 12.9. The molecule has 0 spiro atoms. The molecule has 2 fully saturated rings. The lowest BCUT2D eigenvalue weighted by atomic mass is 9.73. The number of aliphatic carboxylic acids is 1. The predicted molar refractivity (Wildman–Crippen MR) is 100 cm³/mol. The highest BCUT2D eigenvalue weighted by atomic mass is 16.4. The van der Waals surface area contributed by atoms with Crippen molar-refractivity contribution in [2.24, 2.45) is 11.3 Å². The molecule has 0 bridgehead atoms. The van der Waals surface area contributed by atoms with Gasteiger partial charge < -0.3 is 19.9 Å². The molecule has 0 unspecified atom stereocenters. The Morgan fingerprint density at radius 2 is 2.00 bits per heavy atom. The molecule has 2 aromatic rings. The second kappa shape index (κ2) is 6.49. The van der Waals surface area contributed by atoms with Crippen LogP contribution < -0.4 is 0 Å². The number of hydrogen-bond donors (Lipinski definition) is 2. The molecule has 1 aromatic heterocycles. The highest BCUT2D eigenvalue weighted by Gasteiger charge is 2.55. The van der Waals surface area contributed by atoms with E-state index < -0.39 is 11.4 Å². The number of carbonyl (C=O) groups is 2. The molecule has 0 saturated carbocycles. The van der Waals surface area contributed by atoms with Crippen LogP contribution in [0.3, 0.4) is 0 Å². The number of amides is 1. The third-order valence-corrected chi connectivity index (χ3v) is 5.95. The summed E-state index contributed by atoms with van der Waals surface area (Å²) in [7, 11) is 1.94. The summed E-state index contributed by atoms with van der Waals surface area (Å²) in [5, 5.41) is 9.91. The summed E-state index contributed by atoms with van der Waals surface area (Å²) >= 11 is 0. The van der Waals surface area contributed by atoms with E-state index in [4.69, 9.17) is 0 Å². The normalized spacial score (nSPS) is 25.4. The molecular weight excluding hydrogens is 344 g/mol. The quantitative estimate of drug-likeness (QED) is 0.863. The van der Waals surface area contributed by atoms with E-state index in [1.54, 1.807) is 4.90 Å². The van der Waals surface area contributed by atoms with Crippen LogP contribution in [0, 0.1) is 18.3 Å². The molecule has 7 heteroatoms. The van der Waals surface area contributed by atoms with Crippen molar-refractivity contribution in [3.05, 3.63) is 41.7 Å². The Labute approximate surface area is 158 Å². The SMILES string of the molecule is Cc1[nH]c(-c2ccccc2)nc1C(=O)N1C[C@@H]2CCN(C)C[C@]2(C(=O)O)C1. The summed E-state index contributed by atoms with van der Waals surface area (Å²) in [6.07, 6.45) is 0.793. The molecule has 2 saturated heterocycles. The van der Waals surface area contributed by atoms with Gasteiger partial charge in [0, 0.05) is 30.9 Å². The fourth-order valence-electron chi connectivity index (χ4n) is 4.47. The number of aryl methyl sites for hydroxylation is 1. The molecule has 0 aliphatic carbocycles. The van der Waals surface area contributed by atoms with Gasteiger partial charge in [-0.2, -0.15) is 0 Å². The maximum Gasteiger partial charge on any atom is 0.313 e. The fourth-order valence-corrected chi connectivity index (χ4v) is 4.47. The zero-order valence-corrected chi connectivity index (χ0v) is 15.6. The van der Waals surface area contributed by atoms with Gasteiger partial charge in [0.15, 0.2) is 0 Å². The number of nitrogens with zero attached hydrogens (tertiary/aromatic N) is 3. The Balaban J connectivity index is 1.61. The van der Waals surface area contributed by atoms with Crippen LogP contribution >= 0.6 is 0 Å². The number of rotatable bonds is 3. The van der Waals surface area contributed by atoms with Gasteiger partial charge in [-0.05, 0) is 32.9 Å². The zero-order chi connectivity index (χ0) is 19.2. The Hall–Kier alpha value is -2.67. The van der Waals surface area contributed by atoms with Gasteiger partial charge in [0.1, 0.15) is 16.9 Å². The molecule has 2 aliphatic heterocycles. The number of H-pyrrole nitrogens is 1. The first kappa shape index (κ1) is 17.7. The number of aromatic nitrogens is 2. The van der Waals surface area contributed by atoms with Gasteiger partial charge >= 0.3 is 5.97 Å². The van der Waals surface area contributed by atoms with Crippen LogP contribution in [0.15, 0.2) is 30.3 Å². The number of piperidine rings is 1. The minimum absolute atomic E-state index is 0.0111. The van der Waals surface area contributed by atoms with Crippen molar-refractivity contribution < 1.29 is 14.7 Å². The molecule has 2 atom stereocenters. The van der Waals surface area contributed by atoms with E-state index >= 15 is 0 Å². The van der Waals surface area contributed by atoms with Crippen molar-refractivity contribution >= 4 is 11.9 Å². The number of imidazole rings is 1. The Bertz CT molecular complexity index is 879. The van der Waals surface area contributed by atoms with E-state index in [0.717, 1.165) is 18.5 Å². The van der Waals surface area contributed by atoms with E-state index in [9.17, 15) is 14.7 Å². The molecular formula is C20H24N4O3. The highest BCUT2D eigenvalue weighted by molar-refractivity contribution is 5.95. The van der Waals surface area contributed by atoms with E-state index in [1.807, 2.05) is 49.2 Å². The Morgan fingerprint density at radius 1 is 1.26 bits per heavy atom. The topological polar surface area (TPSA) is 89.5 Å². The van der Waals surface area contributed by atoms with Crippen molar-refractivity contribution in [2.75, 3.05) is 33.2 Å². The molecule has 1 amide bonds. The van der Waals surface area contributed by atoms with Gasteiger partial charge in [-0.3, -0.25) is 9.59 Å². The van der Waals surface area contributed by atoms with Crippen LogP contribution in [0.2, 0.25) is 0 Å². The van der Waals surface area contributed by atoms with E-state index in [-0.39, 0.29) is 18.4 Å². The average molecular weight is 368 g/mol. The first-order valence-corrected chi connectivity index (χ1v) is 9.24. The maximum absolute atomic E-state index is 13.1. The Kier molecular flexibility index (Phi) is 4.26. The number of carboxylic acid groups (broad SMARTS) is 1. The number of hydrogen-bond acceptors (Lipinski definition) is 4. The summed E-state index contributed by atoms with van der Waals surface area (Å²) in [6, 6.07) is 9.65. The van der Waals surface area contributed by atoms with Crippen molar-refractivity contribution in [1.82, 2.24) is 19.8 Å². The lowest BCUT2D eigenvalue weighted by Gasteiger charge is -2.39. The van der Waals surface area contributed by atoms with Gasteiger partial charge in [0.25, 0.3) is 5.91 Å². The van der Waals surface area contributed by atoms with Gasteiger partial charge in [-0.1, -0.05) is 30.3 Å². The molecule has 0 radical (unpaired) electrons. The van der Waals surface area contributed by atoms with Gasteiger partial charge in [0.05, 0.1) is 0 Å². The van der Waals surface area contributed by atoms with Crippen molar-refractivity contribution in [3.8, 4) is 11.4 Å². The zero-order valence-electron chi connectivity index (χ0n) is 15.6. The fraction of sp³-hybridized carbons (Fsp3) is 0.450. The van der Waals surface area contributed by atoms with Gasteiger partial charge in [-0.25, -0.2) is 4.98 Å². The summed E-state index contributed by atoms with van der Waals surface area (Å²) in [5.74, 6) is -0.356. The van der Waals surface area contributed by atoms with Crippen molar-refractivity contribution in [2.45, 2.75) is 13.3 Å². The van der Waals surface area contributed by atoms with Crippen LogP contribution in [0.4, 0.5) is 0 Å². The molecule has 2 aliphatic rings. The molecule has 142 valence electrons. The molecule has 2 N–H and O–H groups in total. The lowest BCUT2D eigenvalue weighted by molar-refractivity contribution is -0.153. The number of fused-ring (bicyclic) bond motifs is 1. The molecule has 7 nitrogen and oxygen atoms in total. The summed E-state index contributed by atoms with van der Waals surface area (Å²) in [4.78, 5) is 36.6. The van der Waals surface area contributed by atoms with E-state index in [0.29, 0.717) is 30.3 Å². The molecule has 4 rings (SSSR count). The number of carboxylic acids is 1. The lowest BCUT2D eigenvalue weighted by Crippen LogP contribution is -2.52. The molecule has 1 aromatic carbocycles. The van der Waals surface area contributed by atoms with Crippen LogP contribution in [-0.2, 0) is 4.79 Å². The van der Waals surface area contributed by atoms with Crippen molar-refractivity contribution in [3.63, 3.8) is 0 Å². The molecule has 27 heavy (non-hydrogen) atoms. The minimum atomic E-state index is -0.880. The van der Waals surface area contributed by atoms with Crippen LogP contribution in [0.1, 0.15) is 22.6 Å². The smallest absolute Gasteiger partial charge is 0.313 e. The summed E-state index contributed by atoms with van der Waals surface area (Å²) < 4.78 is 0. The Morgan fingerprint density at radius 3 is 2.70 bits per heavy atom. The van der Waals surface area contributed by atoms with E-state index in [2.05, 4.69) is 9.97 Å². The molecule has 3 heterocycles. The number of carbonyl (C=O) groups excluding carboxylic acids is 1. The minimum Gasteiger partial charge on any atom is -0.481 e. The number of aromatic amines is 1. The monoisotopic (exact) mass is 368 g/mol. The third kappa shape index (κ3) is 2.92. The summed E-state index contributed by atoms with van der Waals surface area (Å²) in [6.45, 7) is 3.89. The van der Waals surface area contributed by atoms with Gasteiger partial charge in [0.2, 0.25) is 0 Å². The predicted octanol–water partition coefficient (Wildman–Crippen LogP) is 1.86. The van der Waals surface area contributed by atoms with Crippen LogP contribution in [-0.4, -0.2) is 70.0 Å². The first-order valence-electron chi connectivity index (χ1n) is 9.24. The highest BCUT2D eigenvalue weighted by Crippen LogP contribution is 2.42. The van der Waals surface area contributed by atoms with Gasteiger partial charge in [-0.15, -0.1) is 0 Å². The second-order valence-corrected chi connectivity index (χ2v) is 7.80. The van der Waals surface area contributed by atoms with Crippen LogP contribution in [0.25, 0.3) is 11.4 Å². The second-order valence-electron chi connectivity index (χ2n) is 7.80. The number of benzene rings is 1. The maximum atomic E-state index is 13.1. The third-order valence-electron chi connectivity index (χ3n) is 5.95. The average Bonchev–Trinajstić information content (AvgIpc) is 3.23.